The van der Waals surface area contributed by atoms with E-state index in [0.29, 0.717) is 13.0 Å². The summed E-state index contributed by atoms with van der Waals surface area (Å²) >= 11 is 0. The van der Waals surface area contributed by atoms with Gasteiger partial charge in [-0.25, -0.2) is 0 Å². The predicted octanol–water partition coefficient (Wildman–Crippen LogP) is 2.41. The minimum atomic E-state index is -0.796. The molecule has 2 rings (SSSR count). The standard InChI is InChI=1S/C19H28N2O3/c1-14-5-7-15(8-6-14)11-16(20)18(24)21-13-19(12-17(22)23)9-3-2-4-10-19/h5-8,16H,2-4,9-13,20H2,1H3,(H,21,24)(H,22,23)/t16-/m1/s1. The largest absolute Gasteiger partial charge is 0.481 e. The highest BCUT2D eigenvalue weighted by Gasteiger charge is 2.35. The van der Waals surface area contributed by atoms with Crippen molar-refractivity contribution in [2.75, 3.05) is 6.54 Å². The van der Waals surface area contributed by atoms with Gasteiger partial charge in [0, 0.05) is 6.54 Å². The van der Waals surface area contributed by atoms with Gasteiger partial charge in [0.15, 0.2) is 0 Å². The van der Waals surface area contributed by atoms with Crippen LogP contribution in [0.4, 0.5) is 0 Å². The van der Waals surface area contributed by atoms with Crippen molar-refractivity contribution in [3.8, 4) is 0 Å². The Hall–Kier alpha value is -1.88. The monoisotopic (exact) mass is 332 g/mol. The average molecular weight is 332 g/mol. The summed E-state index contributed by atoms with van der Waals surface area (Å²) in [6.07, 6.45) is 5.50. The first-order chi connectivity index (χ1) is 11.4. The van der Waals surface area contributed by atoms with Gasteiger partial charge >= 0.3 is 5.97 Å². The molecular formula is C19H28N2O3. The van der Waals surface area contributed by atoms with Crippen molar-refractivity contribution in [3.63, 3.8) is 0 Å². The molecule has 1 aromatic carbocycles. The van der Waals surface area contributed by atoms with Crippen molar-refractivity contribution in [1.82, 2.24) is 5.32 Å². The maximum absolute atomic E-state index is 12.3. The number of carbonyl (C=O) groups excluding carboxylic acids is 1. The second-order valence-corrected chi connectivity index (χ2v) is 7.15. The SMILES string of the molecule is Cc1ccc(C[C@@H](N)C(=O)NCC2(CC(=O)O)CCCCC2)cc1. The van der Waals surface area contributed by atoms with Crippen molar-refractivity contribution in [2.24, 2.45) is 11.1 Å². The lowest BCUT2D eigenvalue weighted by molar-refractivity contribution is -0.140. The van der Waals surface area contributed by atoms with E-state index in [1.54, 1.807) is 0 Å². The smallest absolute Gasteiger partial charge is 0.303 e. The molecule has 0 unspecified atom stereocenters. The molecule has 5 nitrogen and oxygen atoms in total. The van der Waals surface area contributed by atoms with E-state index in [0.717, 1.165) is 37.7 Å². The van der Waals surface area contributed by atoms with Crippen LogP contribution in [0.15, 0.2) is 24.3 Å². The highest BCUT2D eigenvalue weighted by atomic mass is 16.4. The molecule has 5 heteroatoms. The van der Waals surface area contributed by atoms with Crippen LogP contribution < -0.4 is 11.1 Å². The van der Waals surface area contributed by atoms with E-state index < -0.39 is 12.0 Å². The highest BCUT2D eigenvalue weighted by molar-refractivity contribution is 5.82. The topological polar surface area (TPSA) is 92.4 Å². The number of hydrogen-bond acceptors (Lipinski definition) is 3. The van der Waals surface area contributed by atoms with Crippen LogP contribution in [0.1, 0.15) is 49.7 Å². The third-order valence-corrected chi connectivity index (χ3v) is 4.99. The molecule has 0 bridgehead atoms. The number of rotatable bonds is 7. The lowest BCUT2D eigenvalue weighted by Crippen LogP contribution is -2.47. The third kappa shape index (κ3) is 5.34. The Morgan fingerprint density at radius 3 is 2.42 bits per heavy atom. The minimum Gasteiger partial charge on any atom is -0.481 e. The van der Waals surface area contributed by atoms with Crippen molar-refractivity contribution in [1.29, 1.82) is 0 Å². The first-order valence-corrected chi connectivity index (χ1v) is 8.71. The number of aliphatic carboxylic acids is 1. The zero-order valence-corrected chi connectivity index (χ0v) is 14.4. The quantitative estimate of drug-likeness (QED) is 0.715. The van der Waals surface area contributed by atoms with Gasteiger partial charge in [-0.3, -0.25) is 9.59 Å². The molecule has 0 aromatic heterocycles. The molecule has 24 heavy (non-hydrogen) atoms. The molecule has 0 radical (unpaired) electrons. The van der Waals surface area contributed by atoms with Gasteiger partial charge in [-0.1, -0.05) is 49.1 Å². The summed E-state index contributed by atoms with van der Waals surface area (Å²) < 4.78 is 0. The molecule has 1 amide bonds. The fourth-order valence-electron chi connectivity index (χ4n) is 3.52. The zero-order valence-electron chi connectivity index (χ0n) is 14.4. The van der Waals surface area contributed by atoms with E-state index in [9.17, 15) is 14.7 Å². The maximum atomic E-state index is 12.3. The summed E-state index contributed by atoms with van der Waals surface area (Å²) in [7, 11) is 0. The fraction of sp³-hybridized carbons (Fsp3) is 0.579. The molecule has 4 N–H and O–H groups in total. The molecule has 1 atom stereocenters. The fourth-order valence-corrected chi connectivity index (χ4v) is 3.52. The number of carboxylic acids is 1. The number of nitrogens with one attached hydrogen (secondary N) is 1. The summed E-state index contributed by atoms with van der Waals surface area (Å²) in [4.78, 5) is 23.5. The number of benzene rings is 1. The summed E-state index contributed by atoms with van der Waals surface area (Å²) in [5.74, 6) is -0.999. The van der Waals surface area contributed by atoms with Gasteiger partial charge in [0.1, 0.15) is 0 Å². The van der Waals surface area contributed by atoms with Crippen molar-refractivity contribution in [3.05, 3.63) is 35.4 Å². The van der Waals surface area contributed by atoms with Crippen LogP contribution in [0.3, 0.4) is 0 Å². The van der Waals surface area contributed by atoms with E-state index in [1.807, 2.05) is 31.2 Å². The molecule has 0 aliphatic heterocycles. The van der Waals surface area contributed by atoms with E-state index >= 15 is 0 Å². The number of amides is 1. The Bertz CT molecular complexity index is 562. The molecule has 0 saturated heterocycles. The highest BCUT2D eigenvalue weighted by Crippen LogP contribution is 2.38. The molecule has 1 aromatic rings. The van der Waals surface area contributed by atoms with E-state index in [2.05, 4.69) is 5.32 Å². The maximum Gasteiger partial charge on any atom is 0.303 e. The summed E-state index contributed by atoms with van der Waals surface area (Å²) in [5, 5.41) is 12.1. The van der Waals surface area contributed by atoms with Gasteiger partial charge in [0.2, 0.25) is 5.91 Å². The van der Waals surface area contributed by atoms with Gasteiger partial charge in [-0.15, -0.1) is 0 Å². The van der Waals surface area contributed by atoms with Crippen LogP contribution in [-0.4, -0.2) is 29.6 Å². The van der Waals surface area contributed by atoms with Crippen LogP contribution in [0.5, 0.6) is 0 Å². The Labute approximate surface area is 143 Å². The van der Waals surface area contributed by atoms with E-state index in [1.165, 1.54) is 5.56 Å². The van der Waals surface area contributed by atoms with Gasteiger partial charge in [-0.2, -0.15) is 0 Å². The molecule has 1 aliphatic carbocycles. The van der Waals surface area contributed by atoms with Gasteiger partial charge < -0.3 is 16.2 Å². The van der Waals surface area contributed by atoms with Crippen LogP contribution in [0, 0.1) is 12.3 Å². The lowest BCUT2D eigenvalue weighted by atomic mass is 9.71. The summed E-state index contributed by atoms with van der Waals surface area (Å²) in [5.41, 5.74) is 7.90. The number of hydrogen-bond donors (Lipinski definition) is 3. The average Bonchev–Trinajstić information content (AvgIpc) is 2.55. The van der Waals surface area contributed by atoms with Crippen LogP contribution in [0.25, 0.3) is 0 Å². The second kappa shape index (κ2) is 8.29. The van der Waals surface area contributed by atoms with Crippen LogP contribution in [-0.2, 0) is 16.0 Å². The number of aryl methyl sites for hydroxylation is 1. The van der Waals surface area contributed by atoms with E-state index in [-0.39, 0.29) is 17.7 Å². The van der Waals surface area contributed by atoms with Gasteiger partial charge in [0.05, 0.1) is 12.5 Å². The molecule has 1 aliphatic rings. The van der Waals surface area contributed by atoms with Gasteiger partial charge in [0.25, 0.3) is 0 Å². The van der Waals surface area contributed by atoms with Crippen LogP contribution in [0.2, 0.25) is 0 Å². The first kappa shape index (κ1) is 18.5. The summed E-state index contributed by atoms with van der Waals surface area (Å²) in [6.45, 7) is 2.42. The molecule has 1 saturated carbocycles. The Balaban J connectivity index is 1.89. The predicted molar refractivity (Wildman–Crippen MR) is 93.6 cm³/mol. The molecule has 132 valence electrons. The Morgan fingerprint density at radius 2 is 1.83 bits per heavy atom. The number of carbonyl (C=O) groups is 2. The first-order valence-electron chi connectivity index (χ1n) is 8.71. The van der Waals surface area contributed by atoms with Crippen molar-refractivity contribution < 1.29 is 14.7 Å². The van der Waals surface area contributed by atoms with Crippen molar-refractivity contribution in [2.45, 2.75) is 57.9 Å². The number of nitrogens with two attached hydrogens (primary N) is 1. The summed E-state index contributed by atoms with van der Waals surface area (Å²) in [6, 6.07) is 7.36. The second-order valence-electron chi connectivity index (χ2n) is 7.15. The van der Waals surface area contributed by atoms with E-state index in [4.69, 9.17) is 5.73 Å². The number of carboxylic acid groups (broad SMARTS) is 1. The van der Waals surface area contributed by atoms with Crippen LogP contribution >= 0.6 is 0 Å². The molecule has 0 heterocycles. The van der Waals surface area contributed by atoms with Gasteiger partial charge in [-0.05, 0) is 37.2 Å². The third-order valence-electron chi connectivity index (χ3n) is 4.99. The molecule has 1 fully saturated rings. The lowest BCUT2D eigenvalue weighted by Gasteiger charge is -2.36. The normalized spacial score (nSPS) is 17.9. The minimum absolute atomic E-state index is 0.112. The Kier molecular flexibility index (Phi) is 6.37. The molecular weight excluding hydrogens is 304 g/mol. The van der Waals surface area contributed by atoms with Crippen molar-refractivity contribution >= 4 is 11.9 Å². The molecule has 0 spiro atoms. The zero-order chi connectivity index (χ0) is 17.6. The Morgan fingerprint density at radius 1 is 1.21 bits per heavy atom.